The predicted molar refractivity (Wildman–Crippen MR) is 114 cm³/mol. The van der Waals surface area contributed by atoms with E-state index in [1.807, 2.05) is 55.5 Å². The number of carbonyl (C=O) groups excluding carboxylic acids is 1. The molecule has 3 aromatic rings. The molecule has 0 saturated carbocycles. The van der Waals surface area contributed by atoms with Gasteiger partial charge in [-0.3, -0.25) is 4.79 Å². The first-order valence-electron chi connectivity index (χ1n) is 8.77. The number of benzene rings is 3. The summed E-state index contributed by atoms with van der Waals surface area (Å²) in [4.78, 5) is 12.5. The first-order chi connectivity index (χ1) is 13.3. The highest BCUT2D eigenvalue weighted by atomic mass is 79.9. The molecule has 0 heterocycles. The van der Waals surface area contributed by atoms with Crippen LogP contribution in [0.25, 0.3) is 10.8 Å². The van der Waals surface area contributed by atoms with Crippen molar-refractivity contribution in [1.82, 2.24) is 9.62 Å². The fraction of sp³-hybridized carbons (Fsp3) is 0.190. The second-order valence-electron chi connectivity index (χ2n) is 6.61. The zero-order valence-corrected chi connectivity index (χ0v) is 18.0. The van der Waals surface area contributed by atoms with Crippen LogP contribution >= 0.6 is 15.9 Å². The number of rotatable bonds is 6. The smallest absolute Gasteiger partial charge is 0.243 e. The first-order valence-corrected chi connectivity index (χ1v) is 11.0. The maximum atomic E-state index is 12.8. The number of sulfonamides is 1. The molecule has 5 nitrogen and oxygen atoms in total. The van der Waals surface area contributed by atoms with E-state index in [0.29, 0.717) is 0 Å². The fourth-order valence-corrected chi connectivity index (χ4v) is 4.34. The van der Waals surface area contributed by atoms with Crippen molar-refractivity contribution in [3.05, 3.63) is 76.8 Å². The minimum Gasteiger partial charge on any atom is -0.348 e. The van der Waals surface area contributed by atoms with Crippen molar-refractivity contribution < 1.29 is 13.2 Å². The number of fused-ring (bicyclic) bond motifs is 1. The number of nitrogens with one attached hydrogen (secondary N) is 1. The molecule has 3 rings (SSSR count). The highest BCUT2D eigenvalue weighted by Gasteiger charge is 2.23. The van der Waals surface area contributed by atoms with E-state index in [4.69, 9.17) is 0 Å². The Morgan fingerprint density at radius 2 is 1.68 bits per heavy atom. The van der Waals surface area contributed by atoms with Gasteiger partial charge in [-0.1, -0.05) is 58.4 Å². The van der Waals surface area contributed by atoms with Crippen molar-refractivity contribution in [2.45, 2.75) is 17.9 Å². The van der Waals surface area contributed by atoms with Crippen LogP contribution in [0.3, 0.4) is 0 Å². The van der Waals surface area contributed by atoms with Gasteiger partial charge >= 0.3 is 0 Å². The van der Waals surface area contributed by atoms with Crippen LogP contribution in [0.1, 0.15) is 18.5 Å². The third-order valence-electron chi connectivity index (χ3n) is 4.54. The van der Waals surface area contributed by atoms with Crippen molar-refractivity contribution in [3.63, 3.8) is 0 Å². The third-order valence-corrected chi connectivity index (χ3v) is 6.87. The second-order valence-corrected chi connectivity index (χ2v) is 9.57. The van der Waals surface area contributed by atoms with Gasteiger partial charge in [0.05, 0.1) is 17.5 Å². The molecule has 0 saturated heterocycles. The van der Waals surface area contributed by atoms with Gasteiger partial charge in [-0.2, -0.15) is 4.31 Å². The normalized spacial score (nSPS) is 12.9. The van der Waals surface area contributed by atoms with Gasteiger partial charge in [0.1, 0.15) is 0 Å². The van der Waals surface area contributed by atoms with Gasteiger partial charge in [0.15, 0.2) is 0 Å². The van der Waals surface area contributed by atoms with Crippen LogP contribution in [0.2, 0.25) is 0 Å². The van der Waals surface area contributed by atoms with Gasteiger partial charge in [-0.05, 0) is 47.5 Å². The lowest BCUT2D eigenvalue weighted by Gasteiger charge is -2.19. The molecule has 0 aliphatic rings. The second kappa shape index (κ2) is 8.43. The Bertz CT molecular complexity index is 1100. The van der Waals surface area contributed by atoms with Gasteiger partial charge in [0, 0.05) is 11.5 Å². The van der Waals surface area contributed by atoms with Crippen molar-refractivity contribution in [2.75, 3.05) is 13.6 Å². The molecule has 1 amide bonds. The lowest BCUT2D eigenvalue weighted by Crippen LogP contribution is -2.39. The summed E-state index contributed by atoms with van der Waals surface area (Å²) in [5, 5.41) is 4.64. The van der Waals surface area contributed by atoms with E-state index in [9.17, 15) is 13.2 Å². The molecule has 7 heteroatoms. The molecule has 0 bridgehead atoms. The Morgan fingerprint density at radius 1 is 1.04 bits per heavy atom. The van der Waals surface area contributed by atoms with Crippen LogP contribution in [0, 0.1) is 0 Å². The van der Waals surface area contributed by atoms with Gasteiger partial charge in [-0.15, -0.1) is 0 Å². The maximum absolute atomic E-state index is 12.8. The van der Waals surface area contributed by atoms with E-state index in [2.05, 4.69) is 21.2 Å². The van der Waals surface area contributed by atoms with Crippen LogP contribution in [0.15, 0.2) is 76.1 Å². The summed E-state index contributed by atoms with van der Waals surface area (Å²) in [5.74, 6) is -0.359. The molecule has 0 aliphatic carbocycles. The molecule has 0 aromatic heterocycles. The Morgan fingerprint density at radius 3 is 2.36 bits per heavy atom. The molecule has 0 aliphatic heterocycles. The summed E-state index contributed by atoms with van der Waals surface area (Å²) in [5.41, 5.74) is 0.941. The van der Waals surface area contributed by atoms with E-state index in [1.165, 1.54) is 7.05 Å². The maximum Gasteiger partial charge on any atom is 0.243 e. The van der Waals surface area contributed by atoms with Crippen molar-refractivity contribution >= 4 is 42.6 Å². The predicted octanol–water partition coefficient (Wildman–Crippen LogP) is 4.10. The molecule has 1 N–H and O–H groups in total. The fourth-order valence-electron chi connectivity index (χ4n) is 2.92. The largest absolute Gasteiger partial charge is 0.348 e. The van der Waals surface area contributed by atoms with Crippen LogP contribution in [0.5, 0.6) is 0 Å². The Balaban J connectivity index is 1.70. The van der Waals surface area contributed by atoms with E-state index >= 15 is 0 Å². The average molecular weight is 461 g/mol. The van der Waals surface area contributed by atoms with Gasteiger partial charge in [-0.25, -0.2) is 8.42 Å². The van der Waals surface area contributed by atoms with E-state index < -0.39 is 10.0 Å². The van der Waals surface area contributed by atoms with Crippen LogP contribution in [-0.2, 0) is 14.8 Å². The van der Waals surface area contributed by atoms with Crippen LogP contribution in [-0.4, -0.2) is 32.2 Å². The summed E-state index contributed by atoms with van der Waals surface area (Å²) in [6.45, 7) is 1.61. The van der Waals surface area contributed by atoms with E-state index in [-0.39, 0.29) is 23.4 Å². The van der Waals surface area contributed by atoms with E-state index in [0.717, 1.165) is 25.1 Å². The van der Waals surface area contributed by atoms with E-state index in [1.54, 1.807) is 18.2 Å². The Labute approximate surface area is 173 Å². The number of amides is 1. The van der Waals surface area contributed by atoms with Gasteiger partial charge in [0.2, 0.25) is 15.9 Å². The standard InChI is InChI=1S/C21H21BrN2O3S/c1-15(16-7-10-19(22)11-8-16)23-21(25)14-24(2)28(26,27)20-12-9-17-5-3-4-6-18(17)13-20/h3-13,15H,14H2,1-2H3,(H,23,25)/t15-/m1/s1. The van der Waals surface area contributed by atoms with Crippen molar-refractivity contribution in [1.29, 1.82) is 0 Å². The molecule has 0 fully saturated rings. The Hall–Kier alpha value is -2.22. The third kappa shape index (κ3) is 4.60. The summed E-state index contributed by atoms with van der Waals surface area (Å²) >= 11 is 3.38. The quantitative estimate of drug-likeness (QED) is 0.601. The van der Waals surface area contributed by atoms with Gasteiger partial charge < -0.3 is 5.32 Å². The summed E-state index contributed by atoms with van der Waals surface area (Å²) in [6.07, 6.45) is 0. The zero-order chi connectivity index (χ0) is 20.3. The van der Waals surface area contributed by atoms with Crippen LogP contribution < -0.4 is 5.32 Å². The Kier molecular flexibility index (Phi) is 6.17. The van der Waals surface area contributed by atoms with Crippen LogP contribution in [0.4, 0.5) is 0 Å². The molecule has 3 aromatic carbocycles. The molecular formula is C21H21BrN2O3S. The van der Waals surface area contributed by atoms with Crippen molar-refractivity contribution in [2.24, 2.45) is 0 Å². The number of carbonyl (C=O) groups is 1. The van der Waals surface area contributed by atoms with Gasteiger partial charge in [0.25, 0.3) is 0 Å². The summed E-state index contributed by atoms with van der Waals surface area (Å²) < 4.78 is 27.7. The highest BCUT2D eigenvalue weighted by Crippen LogP contribution is 2.21. The number of hydrogen-bond acceptors (Lipinski definition) is 3. The average Bonchev–Trinajstić information content (AvgIpc) is 2.67. The monoisotopic (exact) mass is 460 g/mol. The number of halogens is 1. The van der Waals surface area contributed by atoms with Crippen molar-refractivity contribution in [3.8, 4) is 0 Å². The molecule has 146 valence electrons. The molecule has 0 radical (unpaired) electrons. The zero-order valence-electron chi connectivity index (χ0n) is 15.6. The number of hydrogen-bond donors (Lipinski definition) is 1. The number of nitrogens with zero attached hydrogens (tertiary/aromatic N) is 1. The highest BCUT2D eigenvalue weighted by molar-refractivity contribution is 9.10. The summed E-state index contributed by atoms with van der Waals surface area (Å²) in [6, 6.07) is 19.9. The molecule has 0 unspecified atom stereocenters. The lowest BCUT2D eigenvalue weighted by atomic mass is 10.1. The minimum atomic E-state index is -3.77. The topological polar surface area (TPSA) is 66.5 Å². The summed E-state index contributed by atoms with van der Waals surface area (Å²) in [7, 11) is -2.35. The molecule has 1 atom stereocenters. The lowest BCUT2D eigenvalue weighted by molar-refractivity contribution is -0.121. The first kappa shape index (κ1) is 20.5. The molecular weight excluding hydrogens is 440 g/mol. The minimum absolute atomic E-state index is 0.169. The number of likely N-dealkylation sites (N-methyl/N-ethyl adjacent to an activating group) is 1. The SMILES string of the molecule is C[C@@H](NC(=O)CN(C)S(=O)(=O)c1ccc2ccccc2c1)c1ccc(Br)cc1. The molecule has 28 heavy (non-hydrogen) atoms. The molecule has 0 spiro atoms.